The summed E-state index contributed by atoms with van der Waals surface area (Å²) >= 11 is 0. The van der Waals surface area contributed by atoms with Crippen molar-refractivity contribution in [3.05, 3.63) is 36.8 Å². The van der Waals surface area contributed by atoms with Gasteiger partial charge in [-0.2, -0.15) is 0 Å². The number of ether oxygens (including phenoxy) is 1. The second kappa shape index (κ2) is 9.71. The Morgan fingerprint density at radius 3 is 2.83 bits per heavy atom. The molecule has 2 amide bonds. The Balaban J connectivity index is 1.44. The van der Waals surface area contributed by atoms with E-state index in [9.17, 15) is 4.79 Å². The average Bonchev–Trinajstić information content (AvgIpc) is 3.55. The summed E-state index contributed by atoms with van der Waals surface area (Å²) in [6, 6.07) is 5.71. The maximum absolute atomic E-state index is 12.2. The van der Waals surface area contributed by atoms with Gasteiger partial charge in [-0.05, 0) is 44.9 Å². The zero-order valence-corrected chi connectivity index (χ0v) is 20.0. The Hall–Kier alpha value is -3.99. The molecular weight excluding hydrogens is 446 g/mol. The van der Waals surface area contributed by atoms with Crippen LogP contribution in [-0.4, -0.2) is 62.9 Å². The predicted octanol–water partition coefficient (Wildman–Crippen LogP) is 3.50. The predicted molar refractivity (Wildman–Crippen MR) is 136 cm³/mol. The van der Waals surface area contributed by atoms with Gasteiger partial charge in [0.1, 0.15) is 11.6 Å². The lowest BCUT2D eigenvalue weighted by Gasteiger charge is -2.11. The first-order chi connectivity index (χ1) is 17.0. The third-order valence-corrected chi connectivity index (χ3v) is 5.62. The second-order valence-electron chi connectivity index (χ2n) is 8.76. The van der Waals surface area contributed by atoms with Crippen LogP contribution in [0.15, 0.2) is 36.8 Å². The van der Waals surface area contributed by atoms with Crippen molar-refractivity contribution in [2.75, 3.05) is 36.1 Å². The molecule has 0 saturated heterocycles. The number of amides is 2. The fraction of sp³-hybridized carbons (Fsp3) is 0.375. The minimum atomic E-state index is -0.256. The molecule has 0 unspecified atom stereocenters. The van der Waals surface area contributed by atoms with E-state index in [1.54, 1.807) is 24.0 Å². The first-order valence-electron chi connectivity index (χ1n) is 11.8. The van der Waals surface area contributed by atoms with E-state index in [0.29, 0.717) is 36.3 Å². The molecule has 4 aromatic heterocycles. The number of fused-ring (bicyclic) bond motifs is 2. The van der Waals surface area contributed by atoms with Gasteiger partial charge in [0.15, 0.2) is 11.5 Å². The van der Waals surface area contributed by atoms with Crippen molar-refractivity contribution in [3.8, 4) is 11.4 Å². The van der Waals surface area contributed by atoms with Gasteiger partial charge in [0.05, 0.1) is 24.6 Å². The molecule has 0 spiro atoms. The lowest BCUT2D eigenvalue weighted by atomic mass is 10.1. The van der Waals surface area contributed by atoms with Gasteiger partial charge in [-0.25, -0.2) is 24.3 Å². The molecule has 0 atom stereocenters. The molecule has 0 aliphatic heterocycles. The van der Waals surface area contributed by atoms with Crippen molar-refractivity contribution in [2.45, 2.75) is 38.8 Å². The number of pyridine rings is 3. The molecule has 1 aliphatic rings. The third kappa shape index (κ3) is 5.24. The maximum Gasteiger partial charge on any atom is 0.320 e. The highest BCUT2D eigenvalue weighted by Gasteiger charge is 2.23. The van der Waals surface area contributed by atoms with Gasteiger partial charge in [-0.15, -0.1) is 5.10 Å². The Kier molecular flexibility index (Phi) is 6.32. The quantitative estimate of drug-likeness (QED) is 0.271. The number of carbonyl (C=O) groups is 1. The van der Waals surface area contributed by atoms with Crippen molar-refractivity contribution in [3.63, 3.8) is 0 Å². The molecule has 4 aromatic rings. The first kappa shape index (κ1) is 22.8. The van der Waals surface area contributed by atoms with Gasteiger partial charge in [0.2, 0.25) is 0 Å². The topological polar surface area (TPSA) is 130 Å². The number of urea groups is 1. The van der Waals surface area contributed by atoms with Crippen LogP contribution in [-0.2, 0) is 4.74 Å². The van der Waals surface area contributed by atoms with Crippen LogP contribution in [0.25, 0.3) is 27.8 Å². The molecule has 1 saturated carbocycles. The summed E-state index contributed by atoms with van der Waals surface area (Å²) in [6.07, 6.45) is 7.56. The Labute approximate surface area is 202 Å². The second-order valence-corrected chi connectivity index (χ2v) is 8.76. The summed E-state index contributed by atoms with van der Waals surface area (Å²) in [7, 11) is 1.81. The third-order valence-electron chi connectivity index (χ3n) is 5.62. The average molecular weight is 476 g/mol. The summed E-state index contributed by atoms with van der Waals surface area (Å²) in [5.74, 6) is 1.66. The molecule has 11 nitrogen and oxygen atoms in total. The molecule has 1 fully saturated rings. The number of rotatable bonds is 9. The van der Waals surface area contributed by atoms with Crippen molar-refractivity contribution < 1.29 is 9.53 Å². The summed E-state index contributed by atoms with van der Waals surface area (Å²) in [5.41, 5.74) is 2.38. The number of nitrogens with zero attached hydrogens (tertiary/aromatic N) is 5. The number of hydrogen-bond donors (Lipinski definition) is 4. The zero-order chi connectivity index (χ0) is 24.4. The number of anilines is 3. The number of aromatic nitrogens is 5. The Morgan fingerprint density at radius 2 is 2.06 bits per heavy atom. The largest absolute Gasteiger partial charge is 0.381 e. The molecule has 0 radical (unpaired) electrons. The molecule has 11 heteroatoms. The highest BCUT2D eigenvalue weighted by molar-refractivity contribution is 6.02. The van der Waals surface area contributed by atoms with Gasteiger partial charge in [0.25, 0.3) is 0 Å². The van der Waals surface area contributed by atoms with E-state index in [1.807, 2.05) is 38.2 Å². The highest BCUT2D eigenvalue weighted by Crippen LogP contribution is 2.31. The lowest BCUT2D eigenvalue weighted by molar-refractivity contribution is 0.0870. The van der Waals surface area contributed by atoms with E-state index in [2.05, 4.69) is 31.2 Å². The van der Waals surface area contributed by atoms with E-state index >= 15 is 0 Å². The molecule has 182 valence electrons. The highest BCUT2D eigenvalue weighted by atomic mass is 16.5. The van der Waals surface area contributed by atoms with Gasteiger partial charge in [-0.1, -0.05) is 0 Å². The van der Waals surface area contributed by atoms with Crippen LogP contribution in [0.5, 0.6) is 0 Å². The Morgan fingerprint density at radius 1 is 1.20 bits per heavy atom. The van der Waals surface area contributed by atoms with Gasteiger partial charge >= 0.3 is 6.03 Å². The van der Waals surface area contributed by atoms with Crippen molar-refractivity contribution in [2.24, 2.45) is 0 Å². The fourth-order valence-electron chi connectivity index (χ4n) is 3.74. The van der Waals surface area contributed by atoms with Crippen molar-refractivity contribution in [1.82, 2.24) is 29.9 Å². The number of hydrogen-bond acceptors (Lipinski definition) is 8. The van der Waals surface area contributed by atoms with E-state index in [0.717, 1.165) is 34.9 Å². The van der Waals surface area contributed by atoms with Gasteiger partial charge in [0, 0.05) is 48.4 Å². The van der Waals surface area contributed by atoms with E-state index < -0.39 is 0 Å². The first-order valence-corrected chi connectivity index (χ1v) is 11.8. The van der Waals surface area contributed by atoms with Crippen molar-refractivity contribution in [1.29, 1.82) is 0 Å². The zero-order valence-electron chi connectivity index (χ0n) is 20.0. The van der Waals surface area contributed by atoms with Gasteiger partial charge < -0.3 is 20.7 Å². The molecule has 4 N–H and O–H groups in total. The maximum atomic E-state index is 12.2. The minimum absolute atomic E-state index is 0.202. The summed E-state index contributed by atoms with van der Waals surface area (Å²) < 4.78 is 7.32. The summed E-state index contributed by atoms with van der Waals surface area (Å²) in [6.45, 7) is 5.35. The molecule has 35 heavy (non-hydrogen) atoms. The van der Waals surface area contributed by atoms with Crippen LogP contribution >= 0.6 is 0 Å². The van der Waals surface area contributed by atoms with Crippen LogP contribution < -0.4 is 21.3 Å². The lowest BCUT2D eigenvalue weighted by Crippen LogP contribution is -2.30. The molecule has 4 heterocycles. The van der Waals surface area contributed by atoms with Crippen LogP contribution in [0, 0.1) is 0 Å². The molecular formula is C24H29N9O2. The minimum Gasteiger partial charge on any atom is -0.381 e. The smallest absolute Gasteiger partial charge is 0.320 e. The van der Waals surface area contributed by atoms with Crippen LogP contribution in [0.4, 0.5) is 22.1 Å². The van der Waals surface area contributed by atoms with Crippen LogP contribution in [0.1, 0.15) is 26.7 Å². The standard InChI is InChI=1S/C24H29N9O2/c1-14(2)35-9-8-26-16-6-7-21-31-23(32-33(21)13-16)19-12-28-22(25-3)18-11-27-20(10-17(18)19)30-24(34)29-15-4-5-15/h6-7,10-15,26H,4-5,8-9H2,1-3H3,(H,25,28)(H2,27,29,30,34). The monoisotopic (exact) mass is 475 g/mol. The van der Waals surface area contributed by atoms with E-state index in [4.69, 9.17) is 14.8 Å². The van der Waals surface area contributed by atoms with Crippen LogP contribution in [0.2, 0.25) is 0 Å². The Bertz CT molecular complexity index is 1360. The molecule has 0 bridgehead atoms. The van der Waals surface area contributed by atoms with E-state index in [1.165, 1.54) is 0 Å². The molecule has 5 rings (SSSR count). The SMILES string of the molecule is CNc1ncc(-c2nc3ccc(NCCOC(C)C)cn3n2)c2cc(NC(=O)NC3CC3)ncc12. The summed E-state index contributed by atoms with van der Waals surface area (Å²) in [4.78, 5) is 25.9. The fourth-order valence-corrected chi connectivity index (χ4v) is 3.74. The number of carbonyl (C=O) groups excluding carboxylic acids is 1. The number of nitrogens with one attached hydrogen (secondary N) is 4. The van der Waals surface area contributed by atoms with Gasteiger partial charge in [-0.3, -0.25) is 5.32 Å². The van der Waals surface area contributed by atoms with E-state index in [-0.39, 0.29) is 18.2 Å². The normalized spacial score (nSPS) is 13.4. The molecule has 0 aromatic carbocycles. The van der Waals surface area contributed by atoms with Crippen LogP contribution in [0.3, 0.4) is 0 Å². The van der Waals surface area contributed by atoms with Crippen molar-refractivity contribution >= 4 is 39.8 Å². The summed E-state index contributed by atoms with van der Waals surface area (Å²) in [5, 5.41) is 18.5. The molecule has 1 aliphatic carbocycles.